The van der Waals surface area contributed by atoms with Crippen molar-refractivity contribution in [2.24, 2.45) is 0 Å². The fourth-order valence-electron chi connectivity index (χ4n) is 2.88. The molecule has 0 heterocycles. The third-order valence-corrected chi connectivity index (χ3v) is 4.39. The van der Waals surface area contributed by atoms with Crippen LogP contribution in [-0.2, 0) is 12.8 Å². The molecular formula is C21H30ClNO3. The number of halogens is 1. The van der Waals surface area contributed by atoms with Crippen LogP contribution in [0, 0.1) is 0 Å². The number of hydrogen-bond donors (Lipinski definition) is 1. The second-order valence-electron chi connectivity index (χ2n) is 6.15. The average molecular weight is 380 g/mol. The van der Waals surface area contributed by atoms with Gasteiger partial charge in [0, 0.05) is 6.04 Å². The van der Waals surface area contributed by atoms with Gasteiger partial charge >= 0.3 is 0 Å². The summed E-state index contributed by atoms with van der Waals surface area (Å²) in [6.45, 7) is 3.16. The lowest BCUT2D eigenvalue weighted by Crippen LogP contribution is -2.28. The molecule has 26 heavy (non-hydrogen) atoms. The third-order valence-electron chi connectivity index (χ3n) is 4.39. The van der Waals surface area contributed by atoms with Crippen molar-refractivity contribution in [2.45, 2.75) is 32.2 Å². The molecule has 4 nitrogen and oxygen atoms in total. The van der Waals surface area contributed by atoms with Gasteiger partial charge in [0.05, 0.1) is 21.3 Å². The number of ether oxygens (including phenoxy) is 3. The standard InChI is InChI=1S/C21H29NO3.ClH/c1-16(9-11-18-7-5-6-8-19(18)23-2)22-14-13-17-10-12-20(24-3)21(15-17)25-4;/h5-8,10,12,15-16,22H,9,11,13-14H2,1-4H3;1H. The van der Waals surface area contributed by atoms with E-state index < -0.39 is 0 Å². The Bertz CT molecular complexity index is 663. The molecule has 2 rings (SSSR count). The molecule has 0 aliphatic heterocycles. The lowest BCUT2D eigenvalue weighted by Gasteiger charge is -2.15. The van der Waals surface area contributed by atoms with Crippen molar-refractivity contribution in [2.75, 3.05) is 27.9 Å². The van der Waals surface area contributed by atoms with E-state index >= 15 is 0 Å². The smallest absolute Gasteiger partial charge is 0.160 e. The zero-order chi connectivity index (χ0) is 18.1. The molecule has 0 saturated carbocycles. The van der Waals surface area contributed by atoms with Crippen LogP contribution in [0.3, 0.4) is 0 Å². The lowest BCUT2D eigenvalue weighted by molar-refractivity contribution is 0.354. The highest BCUT2D eigenvalue weighted by Crippen LogP contribution is 2.27. The molecule has 0 amide bonds. The zero-order valence-corrected chi connectivity index (χ0v) is 16.9. The number of hydrogen-bond acceptors (Lipinski definition) is 4. The summed E-state index contributed by atoms with van der Waals surface area (Å²) in [5.41, 5.74) is 2.50. The minimum absolute atomic E-state index is 0. The molecule has 0 radical (unpaired) electrons. The second-order valence-corrected chi connectivity index (χ2v) is 6.15. The molecule has 5 heteroatoms. The molecule has 0 fully saturated rings. The van der Waals surface area contributed by atoms with Gasteiger partial charge in [0.2, 0.25) is 0 Å². The highest BCUT2D eigenvalue weighted by Gasteiger charge is 2.07. The molecule has 0 aliphatic rings. The summed E-state index contributed by atoms with van der Waals surface area (Å²) in [5, 5.41) is 3.59. The van der Waals surface area contributed by atoms with Gasteiger partial charge in [0.25, 0.3) is 0 Å². The average Bonchev–Trinajstić information content (AvgIpc) is 2.66. The van der Waals surface area contributed by atoms with Crippen LogP contribution in [0.2, 0.25) is 0 Å². The Labute approximate surface area is 163 Å². The van der Waals surface area contributed by atoms with Gasteiger partial charge in [-0.25, -0.2) is 0 Å². The van der Waals surface area contributed by atoms with Crippen molar-refractivity contribution in [3.05, 3.63) is 53.6 Å². The minimum atomic E-state index is 0. The molecule has 1 unspecified atom stereocenters. The number of nitrogens with one attached hydrogen (secondary N) is 1. The predicted octanol–water partition coefficient (Wildman–Crippen LogP) is 4.29. The number of benzene rings is 2. The molecule has 0 saturated heterocycles. The fourth-order valence-corrected chi connectivity index (χ4v) is 2.88. The summed E-state index contributed by atoms with van der Waals surface area (Å²) in [4.78, 5) is 0. The van der Waals surface area contributed by atoms with Gasteiger partial charge in [-0.15, -0.1) is 12.4 Å². The van der Waals surface area contributed by atoms with E-state index in [2.05, 4.69) is 30.4 Å². The molecular weight excluding hydrogens is 350 g/mol. The molecule has 0 aromatic heterocycles. The van der Waals surface area contributed by atoms with E-state index in [1.807, 2.05) is 24.3 Å². The Morgan fingerprint density at radius 2 is 1.54 bits per heavy atom. The van der Waals surface area contributed by atoms with E-state index in [0.717, 1.165) is 43.1 Å². The Kier molecular flexibility index (Phi) is 9.92. The number of aryl methyl sites for hydroxylation is 1. The molecule has 0 spiro atoms. The largest absolute Gasteiger partial charge is 0.496 e. The van der Waals surface area contributed by atoms with E-state index in [-0.39, 0.29) is 12.4 Å². The maximum atomic E-state index is 5.41. The third kappa shape index (κ3) is 6.43. The van der Waals surface area contributed by atoms with E-state index in [0.29, 0.717) is 6.04 Å². The van der Waals surface area contributed by atoms with Crippen LogP contribution < -0.4 is 19.5 Å². The van der Waals surface area contributed by atoms with Gasteiger partial charge in [-0.3, -0.25) is 0 Å². The van der Waals surface area contributed by atoms with Crippen LogP contribution in [0.15, 0.2) is 42.5 Å². The summed E-state index contributed by atoms with van der Waals surface area (Å²) in [5.74, 6) is 2.52. The van der Waals surface area contributed by atoms with Crippen LogP contribution in [0.4, 0.5) is 0 Å². The monoisotopic (exact) mass is 379 g/mol. The van der Waals surface area contributed by atoms with Gasteiger partial charge < -0.3 is 19.5 Å². The van der Waals surface area contributed by atoms with Crippen molar-refractivity contribution in [3.8, 4) is 17.2 Å². The van der Waals surface area contributed by atoms with Crippen molar-refractivity contribution < 1.29 is 14.2 Å². The zero-order valence-electron chi connectivity index (χ0n) is 16.1. The number of rotatable bonds is 10. The molecule has 1 atom stereocenters. The first-order chi connectivity index (χ1) is 12.2. The van der Waals surface area contributed by atoms with E-state index in [4.69, 9.17) is 14.2 Å². The molecule has 0 aliphatic carbocycles. The molecule has 2 aromatic carbocycles. The van der Waals surface area contributed by atoms with E-state index in [9.17, 15) is 0 Å². The maximum absolute atomic E-state index is 5.41. The minimum Gasteiger partial charge on any atom is -0.496 e. The number of methoxy groups -OCH3 is 3. The summed E-state index contributed by atoms with van der Waals surface area (Å²) >= 11 is 0. The van der Waals surface area contributed by atoms with Crippen molar-refractivity contribution in [1.29, 1.82) is 0 Å². The van der Waals surface area contributed by atoms with Gasteiger partial charge in [0.15, 0.2) is 11.5 Å². The SMILES string of the molecule is COc1ccccc1CCC(C)NCCc1ccc(OC)c(OC)c1.Cl. The van der Waals surface area contributed by atoms with Crippen LogP contribution in [0.25, 0.3) is 0 Å². The molecule has 0 bridgehead atoms. The quantitative estimate of drug-likeness (QED) is 0.668. The normalized spacial score (nSPS) is 11.4. The Morgan fingerprint density at radius 1 is 0.846 bits per heavy atom. The number of para-hydroxylation sites is 1. The first-order valence-electron chi connectivity index (χ1n) is 8.74. The van der Waals surface area contributed by atoms with Gasteiger partial charge in [-0.1, -0.05) is 24.3 Å². The second kappa shape index (κ2) is 11.7. The molecule has 144 valence electrons. The highest BCUT2D eigenvalue weighted by atomic mass is 35.5. The van der Waals surface area contributed by atoms with E-state index in [1.165, 1.54) is 11.1 Å². The van der Waals surface area contributed by atoms with Gasteiger partial charge in [-0.05, 0) is 62.1 Å². The van der Waals surface area contributed by atoms with Crippen molar-refractivity contribution in [1.82, 2.24) is 5.32 Å². The summed E-state index contributed by atoms with van der Waals surface area (Å²) in [7, 11) is 5.05. The Morgan fingerprint density at radius 3 is 2.23 bits per heavy atom. The maximum Gasteiger partial charge on any atom is 0.160 e. The van der Waals surface area contributed by atoms with Crippen LogP contribution >= 0.6 is 12.4 Å². The van der Waals surface area contributed by atoms with E-state index in [1.54, 1.807) is 21.3 Å². The predicted molar refractivity (Wildman–Crippen MR) is 109 cm³/mol. The van der Waals surface area contributed by atoms with Crippen LogP contribution in [-0.4, -0.2) is 33.9 Å². The van der Waals surface area contributed by atoms with Crippen LogP contribution in [0.1, 0.15) is 24.5 Å². The Balaban J connectivity index is 0.00000338. The summed E-state index contributed by atoms with van der Waals surface area (Å²) < 4.78 is 16.0. The van der Waals surface area contributed by atoms with Crippen molar-refractivity contribution >= 4 is 12.4 Å². The van der Waals surface area contributed by atoms with Crippen LogP contribution in [0.5, 0.6) is 17.2 Å². The summed E-state index contributed by atoms with van der Waals surface area (Å²) in [6, 6.07) is 14.8. The van der Waals surface area contributed by atoms with Gasteiger partial charge in [-0.2, -0.15) is 0 Å². The Hall–Kier alpha value is -1.91. The molecule has 1 N–H and O–H groups in total. The van der Waals surface area contributed by atoms with Crippen molar-refractivity contribution in [3.63, 3.8) is 0 Å². The van der Waals surface area contributed by atoms with Gasteiger partial charge in [0.1, 0.15) is 5.75 Å². The first kappa shape index (κ1) is 22.1. The molecule has 2 aromatic rings. The first-order valence-corrected chi connectivity index (χ1v) is 8.74. The summed E-state index contributed by atoms with van der Waals surface area (Å²) in [6.07, 6.45) is 3.04. The fraction of sp³-hybridized carbons (Fsp3) is 0.429. The highest BCUT2D eigenvalue weighted by molar-refractivity contribution is 5.85. The topological polar surface area (TPSA) is 39.7 Å². The lowest BCUT2D eigenvalue weighted by atomic mass is 10.0.